The Morgan fingerprint density at radius 3 is 2.76 bits per heavy atom. The summed E-state index contributed by atoms with van der Waals surface area (Å²) in [6.45, 7) is 3.67. The maximum Gasteiger partial charge on any atom is 0.168 e. The third-order valence-electron chi connectivity index (χ3n) is 3.43. The van der Waals surface area contributed by atoms with E-state index >= 15 is 0 Å². The number of phenols is 1. The van der Waals surface area contributed by atoms with Crippen molar-refractivity contribution in [2.24, 2.45) is 0 Å². The number of hydrogen-bond acceptors (Lipinski definition) is 2. The molecule has 0 bridgehead atoms. The summed E-state index contributed by atoms with van der Waals surface area (Å²) < 4.78 is 13.7. The summed E-state index contributed by atoms with van der Waals surface area (Å²) in [5, 5.41) is 9.91. The number of hydrogen-bond donors (Lipinski definition) is 2. The second-order valence-corrected chi connectivity index (χ2v) is 4.87. The van der Waals surface area contributed by atoms with Gasteiger partial charge in [0.25, 0.3) is 0 Å². The van der Waals surface area contributed by atoms with Gasteiger partial charge in [-0.2, -0.15) is 0 Å². The van der Waals surface area contributed by atoms with Crippen molar-refractivity contribution in [3.8, 4) is 5.75 Å². The van der Waals surface area contributed by atoms with Gasteiger partial charge in [-0.15, -0.1) is 0 Å². The molecular formula is C14H18FNO. The number of nitrogens with two attached hydrogens (primary N) is 1. The number of nitrogen functional groups attached to an aromatic ring is 1. The fourth-order valence-corrected chi connectivity index (χ4v) is 2.54. The number of benzene rings is 1. The van der Waals surface area contributed by atoms with Gasteiger partial charge in [0.1, 0.15) is 0 Å². The number of aromatic hydroxyl groups is 1. The minimum Gasteiger partial charge on any atom is -0.505 e. The quantitative estimate of drug-likeness (QED) is 0.576. The lowest BCUT2D eigenvalue weighted by atomic mass is 9.84. The van der Waals surface area contributed by atoms with E-state index in [1.807, 2.05) is 0 Å². The van der Waals surface area contributed by atoms with Crippen molar-refractivity contribution in [2.75, 3.05) is 5.73 Å². The number of aryl methyl sites for hydroxylation is 1. The zero-order valence-electron chi connectivity index (χ0n) is 10.3. The van der Waals surface area contributed by atoms with Crippen molar-refractivity contribution in [2.45, 2.75) is 39.0 Å². The fourth-order valence-electron chi connectivity index (χ4n) is 2.54. The van der Waals surface area contributed by atoms with Crippen LogP contribution in [-0.4, -0.2) is 5.11 Å². The van der Waals surface area contributed by atoms with Crippen LogP contribution in [0.4, 0.5) is 10.1 Å². The third-order valence-corrected chi connectivity index (χ3v) is 3.43. The van der Waals surface area contributed by atoms with E-state index in [4.69, 9.17) is 5.73 Å². The van der Waals surface area contributed by atoms with Crippen molar-refractivity contribution in [3.05, 3.63) is 34.7 Å². The molecule has 2 nitrogen and oxygen atoms in total. The van der Waals surface area contributed by atoms with Crippen LogP contribution in [-0.2, 0) is 0 Å². The van der Waals surface area contributed by atoms with E-state index in [-0.39, 0.29) is 11.7 Å². The molecule has 1 aromatic carbocycles. The predicted octanol–water partition coefficient (Wildman–Crippen LogP) is 3.64. The molecule has 0 spiro atoms. The van der Waals surface area contributed by atoms with Gasteiger partial charge >= 0.3 is 0 Å². The second kappa shape index (κ2) is 4.40. The smallest absolute Gasteiger partial charge is 0.168 e. The molecule has 17 heavy (non-hydrogen) atoms. The molecule has 0 heterocycles. The molecule has 0 fully saturated rings. The highest BCUT2D eigenvalue weighted by atomic mass is 19.1. The van der Waals surface area contributed by atoms with E-state index in [0.717, 1.165) is 19.3 Å². The zero-order valence-corrected chi connectivity index (χ0v) is 10.3. The SMILES string of the molecule is CC1=CC(c2c(N)cc(C)c(F)c2O)CCC1. The summed E-state index contributed by atoms with van der Waals surface area (Å²) in [6, 6.07) is 1.60. The third kappa shape index (κ3) is 2.14. The Morgan fingerprint density at radius 1 is 1.41 bits per heavy atom. The molecule has 1 aromatic rings. The first kappa shape index (κ1) is 12.0. The summed E-state index contributed by atoms with van der Waals surface area (Å²) >= 11 is 0. The van der Waals surface area contributed by atoms with Crippen LogP contribution in [0.5, 0.6) is 5.75 Å². The molecule has 1 atom stereocenters. The lowest BCUT2D eigenvalue weighted by Crippen LogP contribution is -2.07. The standard InChI is InChI=1S/C14H18FNO/c1-8-4-3-5-10(6-8)12-11(16)7-9(2)13(15)14(12)17/h6-7,10,17H,3-5,16H2,1-2H3. The molecule has 2 rings (SSSR count). The molecule has 0 radical (unpaired) electrons. The Balaban J connectivity index is 2.52. The molecule has 3 heteroatoms. The van der Waals surface area contributed by atoms with E-state index in [9.17, 15) is 9.50 Å². The Morgan fingerprint density at radius 2 is 2.12 bits per heavy atom. The lowest BCUT2D eigenvalue weighted by molar-refractivity contribution is 0.419. The van der Waals surface area contributed by atoms with Crippen molar-refractivity contribution >= 4 is 5.69 Å². The number of allylic oxidation sites excluding steroid dienone is 2. The molecule has 1 aliphatic rings. The van der Waals surface area contributed by atoms with Crippen LogP contribution < -0.4 is 5.73 Å². The van der Waals surface area contributed by atoms with Crippen LogP contribution >= 0.6 is 0 Å². The molecule has 3 N–H and O–H groups in total. The van der Waals surface area contributed by atoms with Crippen molar-refractivity contribution in [1.82, 2.24) is 0 Å². The highest BCUT2D eigenvalue weighted by Crippen LogP contribution is 2.40. The summed E-state index contributed by atoms with van der Waals surface area (Å²) in [5.74, 6) is -0.789. The summed E-state index contributed by atoms with van der Waals surface area (Å²) in [6.07, 6.45) is 5.13. The summed E-state index contributed by atoms with van der Waals surface area (Å²) in [7, 11) is 0. The molecule has 0 aromatic heterocycles. The van der Waals surface area contributed by atoms with Crippen LogP contribution in [0.25, 0.3) is 0 Å². The van der Waals surface area contributed by atoms with E-state index in [2.05, 4.69) is 13.0 Å². The molecule has 0 amide bonds. The van der Waals surface area contributed by atoms with Gasteiger partial charge < -0.3 is 10.8 Å². The minimum atomic E-state index is -0.550. The van der Waals surface area contributed by atoms with E-state index in [1.165, 1.54) is 5.57 Å². The first-order valence-corrected chi connectivity index (χ1v) is 5.95. The highest BCUT2D eigenvalue weighted by Gasteiger charge is 2.22. The van der Waals surface area contributed by atoms with Gasteiger partial charge in [-0.05, 0) is 44.7 Å². The first-order chi connectivity index (χ1) is 8.00. The molecule has 0 saturated carbocycles. The molecule has 1 aliphatic carbocycles. The van der Waals surface area contributed by atoms with Crippen LogP contribution in [0.15, 0.2) is 17.7 Å². The summed E-state index contributed by atoms with van der Waals surface area (Å²) in [4.78, 5) is 0. The Labute approximate surface area is 101 Å². The molecule has 92 valence electrons. The fraction of sp³-hybridized carbons (Fsp3) is 0.429. The first-order valence-electron chi connectivity index (χ1n) is 5.95. The van der Waals surface area contributed by atoms with Gasteiger partial charge in [0, 0.05) is 17.2 Å². The van der Waals surface area contributed by atoms with Gasteiger partial charge in [0.2, 0.25) is 0 Å². The van der Waals surface area contributed by atoms with Crippen molar-refractivity contribution < 1.29 is 9.50 Å². The lowest BCUT2D eigenvalue weighted by Gasteiger charge is -2.22. The van der Waals surface area contributed by atoms with Gasteiger partial charge in [0.15, 0.2) is 11.6 Å². The van der Waals surface area contributed by atoms with Gasteiger partial charge in [-0.25, -0.2) is 4.39 Å². The average Bonchev–Trinajstić information content (AvgIpc) is 2.26. The maximum absolute atomic E-state index is 13.7. The maximum atomic E-state index is 13.7. The van der Waals surface area contributed by atoms with Crippen molar-refractivity contribution in [3.63, 3.8) is 0 Å². The summed E-state index contributed by atoms with van der Waals surface area (Å²) in [5.41, 5.74) is 8.61. The number of rotatable bonds is 1. The Bertz CT molecular complexity index is 480. The minimum absolute atomic E-state index is 0.0406. The van der Waals surface area contributed by atoms with Gasteiger partial charge in [0.05, 0.1) is 0 Å². The van der Waals surface area contributed by atoms with Gasteiger partial charge in [-0.3, -0.25) is 0 Å². The molecule has 0 saturated heterocycles. The second-order valence-electron chi connectivity index (χ2n) is 4.87. The normalized spacial score (nSPS) is 20.2. The zero-order chi connectivity index (χ0) is 12.6. The molecule has 1 unspecified atom stereocenters. The molecule has 0 aliphatic heterocycles. The Hall–Kier alpha value is -1.51. The Kier molecular flexibility index (Phi) is 3.09. The van der Waals surface area contributed by atoms with Crippen LogP contribution in [0.3, 0.4) is 0 Å². The van der Waals surface area contributed by atoms with E-state index in [0.29, 0.717) is 16.8 Å². The number of halogens is 1. The van der Waals surface area contributed by atoms with Gasteiger partial charge in [-0.1, -0.05) is 11.6 Å². The number of phenolic OH excluding ortho intramolecular Hbond substituents is 1. The highest BCUT2D eigenvalue weighted by molar-refractivity contribution is 5.59. The van der Waals surface area contributed by atoms with Crippen molar-refractivity contribution in [1.29, 1.82) is 0 Å². The topological polar surface area (TPSA) is 46.2 Å². The van der Waals surface area contributed by atoms with Crippen LogP contribution in [0, 0.1) is 12.7 Å². The van der Waals surface area contributed by atoms with E-state index < -0.39 is 5.82 Å². The van der Waals surface area contributed by atoms with E-state index in [1.54, 1.807) is 13.0 Å². The van der Waals surface area contributed by atoms with Crippen LogP contribution in [0.2, 0.25) is 0 Å². The number of anilines is 1. The molecular weight excluding hydrogens is 217 g/mol. The van der Waals surface area contributed by atoms with Crippen LogP contribution in [0.1, 0.15) is 43.2 Å². The monoisotopic (exact) mass is 235 g/mol. The predicted molar refractivity (Wildman–Crippen MR) is 67.6 cm³/mol. The average molecular weight is 235 g/mol. The largest absolute Gasteiger partial charge is 0.505 e.